The van der Waals surface area contributed by atoms with Gasteiger partial charge < -0.3 is 5.11 Å². The first-order valence-electron chi connectivity index (χ1n) is 6.84. The van der Waals surface area contributed by atoms with Gasteiger partial charge in [0.2, 0.25) is 0 Å². The molecule has 18 heavy (non-hydrogen) atoms. The molecular formula is C15H21NO2. The highest BCUT2D eigenvalue weighted by Crippen LogP contribution is 2.34. The first-order chi connectivity index (χ1) is 8.69. The van der Waals surface area contributed by atoms with Gasteiger partial charge in [0, 0.05) is 6.20 Å². The molecule has 3 heteroatoms. The minimum Gasteiger partial charge on any atom is -0.385 e. The number of aliphatic hydroxyl groups is 1. The van der Waals surface area contributed by atoms with E-state index in [0.717, 1.165) is 36.9 Å². The number of Topliss-reactive ketones (excluding diaryl/α,β-unsaturated/α-hetero) is 1. The highest BCUT2D eigenvalue weighted by atomic mass is 16.3. The third-order valence-corrected chi connectivity index (χ3v) is 4.09. The second kappa shape index (κ2) is 5.61. The van der Waals surface area contributed by atoms with Crippen LogP contribution >= 0.6 is 0 Å². The van der Waals surface area contributed by atoms with E-state index in [1.54, 1.807) is 6.20 Å². The molecule has 98 valence electrons. The van der Waals surface area contributed by atoms with Crippen LogP contribution in [0.4, 0.5) is 0 Å². The van der Waals surface area contributed by atoms with E-state index in [9.17, 15) is 9.90 Å². The van der Waals surface area contributed by atoms with Crippen molar-refractivity contribution in [1.29, 1.82) is 0 Å². The summed E-state index contributed by atoms with van der Waals surface area (Å²) >= 11 is 0. The maximum atomic E-state index is 12.4. The van der Waals surface area contributed by atoms with Gasteiger partial charge in [-0.05, 0) is 30.4 Å². The van der Waals surface area contributed by atoms with Gasteiger partial charge >= 0.3 is 0 Å². The van der Waals surface area contributed by atoms with Crippen LogP contribution in [0.25, 0.3) is 0 Å². The van der Waals surface area contributed by atoms with Crippen LogP contribution < -0.4 is 0 Å². The zero-order valence-corrected chi connectivity index (χ0v) is 11.1. The molecule has 2 unspecified atom stereocenters. The number of aliphatic hydroxyl groups excluding tert-OH is 1. The number of aryl methyl sites for hydroxylation is 1. The monoisotopic (exact) mass is 247 g/mol. The molecule has 0 radical (unpaired) electrons. The number of carbonyl (C=O) groups excluding carboxylic acids is 1. The van der Waals surface area contributed by atoms with Gasteiger partial charge in [-0.1, -0.05) is 32.8 Å². The quantitative estimate of drug-likeness (QED) is 0.869. The first kappa shape index (κ1) is 13.2. The van der Waals surface area contributed by atoms with Crippen LogP contribution in [0.1, 0.15) is 50.3 Å². The number of fused-ring (bicyclic) bond motifs is 1. The molecular weight excluding hydrogens is 226 g/mol. The molecule has 1 N–H and O–H groups in total. The molecule has 0 aromatic carbocycles. The summed E-state index contributed by atoms with van der Waals surface area (Å²) < 4.78 is 0. The lowest BCUT2D eigenvalue weighted by Crippen LogP contribution is -2.32. The predicted octanol–water partition coefficient (Wildman–Crippen LogP) is 2.48. The average Bonchev–Trinajstić information content (AvgIpc) is 2.83. The largest absolute Gasteiger partial charge is 0.385 e. The number of rotatable bonds is 5. The summed E-state index contributed by atoms with van der Waals surface area (Å²) in [5.74, 6) is -0.164. The predicted molar refractivity (Wildman–Crippen MR) is 70.4 cm³/mol. The topological polar surface area (TPSA) is 50.2 Å². The van der Waals surface area contributed by atoms with Crippen molar-refractivity contribution in [3.05, 3.63) is 29.6 Å². The molecule has 1 aliphatic carbocycles. The van der Waals surface area contributed by atoms with Crippen LogP contribution in [0.15, 0.2) is 18.3 Å². The molecule has 0 aliphatic heterocycles. The van der Waals surface area contributed by atoms with Gasteiger partial charge in [0.15, 0.2) is 5.78 Å². The Labute approximate surface area is 108 Å². The van der Waals surface area contributed by atoms with Crippen LogP contribution in [0.5, 0.6) is 0 Å². The van der Waals surface area contributed by atoms with Gasteiger partial charge in [0.05, 0.1) is 11.6 Å². The lowest BCUT2D eigenvalue weighted by atomic mass is 9.87. The fourth-order valence-electron chi connectivity index (χ4n) is 2.86. The number of hydrogen-bond acceptors (Lipinski definition) is 3. The Bertz CT molecular complexity index is 426. The molecule has 2 atom stereocenters. The molecule has 0 bridgehead atoms. The maximum absolute atomic E-state index is 12.4. The lowest BCUT2D eigenvalue weighted by molar-refractivity contribution is -0.131. The molecule has 0 fully saturated rings. The standard InChI is InChI=1S/C15H21NO2/c1-3-10(4-2)14(17)15(18)12-8-7-11-6-5-9-16-13(11)12/h5-6,9-10,12,14,17H,3-4,7-8H2,1-2H3. The second-order valence-corrected chi connectivity index (χ2v) is 5.06. The van der Waals surface area contributed by atoms with Gasteiger partial charge in [0.25, 0.3) is 0 Å². The average molecular weight is 247 g/mol. The SMILES string of the molecule is CCC(CC)C(O)C(=O)C1CCc2cccnc21. The Morgan fingerprint density at radius 1 is 1.50 bits per heavy atom. The molecule has 0 saturated carbocycles. The van der Waals surface area contributed by atoms with Crippen LogP contribution in [0.2, 0.25) is 0 Å². The molecule has 1 heterocycles. The maximum Gasteiger partial charge on any atom is 0.170 e. The van der Waals surface area contributed by atoms with E-state index in [2.05, 4.69) is 4.98 Å². The fraction of sp³-hybridized carbons (Fsp3) is 0.600. The van der Waals surface area contributed by atoms with E-state index in [0.29, 0.717) is 0 Å². The summed E-state index contributed by atoms with van der Waals surface area (Å²) in [5, 5.41) is 10.2. The van der Waals surface area contributed by atoms with Crippen LogP contribution in [0, 0.1) is 5.92 Å². The van der Waals surface area contributed by atoms with Crippen molar-refractivity contribution in [2.24, 2.45) is 5.92 Å². The van der Waals surface area contributed by atoms with Crippen molar-refractivity contribution in [2.45, 2.75) is 51.6 Å². The molecule has 1 aromatic rings. The Balaban J connectivity index is 2.16. The highest BCUT2D eigenvalue weighted by Gasteiger charge is 2.35. The summed E-state index contributed by atoms with van der Waals surface area (Å²) in [5.41, 5.74) is 2.04. The van der Waals surface area contributed by atoms with E-state index >= 15 is 0 Å². The van der Waals surface area contributed by atoms with Crippen LogP contribution in [-0.2, 0) is 11.2 Å². The molecule has 0 saturated heterocycles. The molecule has 0 amide bonds. The molecule has 3 nitrogen and oxygen atoms in total. The summed E-state index contributed by atoms with van der Waals surface area (Å²) in [6.45, 7) is 4.04. The minimum absolute atomic E-state index is 0.0406. The summed E-state index contributed by atoms with van der Waals surface area (Å²) in [4.78, 5) is 16.7. The molecule has 1 aromatic heterocycles. The Hall–Kier alpha value is -1.22. The van der Waals surface area contributed by atoms with Gasteiger partial charge in [-0.3, -0.25) is 9.78 Å². The van der Waals surface area contributed by atoms with E-state index in [1.807, 2.05) is 26.0 Å². The Morgan fingerprint density at radius 3 is 2.89 bits per heavy atom. The van der Waals surface area contributed by atoms with Crippen LogP contribution in [0.3, 0.4) is 0 Å². The summed E-state index contributed by atoms with van der Waals surface area (Å²) in [7, 11) is 0. The number of carbonyl (C=O) groups is 1. The number of nitrogens with zero attached hydrogens (tertiary/aromatic N) is 1. The van der Waals surface area contributed by atoms with Gasteiger partial charge in [-0.15, -0.1) is 0 Å². The Morgan fingerprint density at radius 2 is 2.22 bits per heavy atom. The number of hydrogen-bond donors (Lipinski definition) is 1. The molecule has 0 spiro atoms. The second-order valence-electron chi connectivity index (χ2n) is 5.06. The zero-order valence-electron chi connectivity index (χ0n) is 11.1. The van der Waals surface area contributed by atoms with Crippen molar-refractivity contribution in [3.8, 4) is 0 Å². The smallest absolute Gasteiger partial charge is 0.170 e. The fourth-order valence-corrected chi connectivity index (χ4v) is 2.86. The number of pyridine rings is 1. The first-order valence-corrected chi connectivity index (χ1v) is 6.84. The van der Waals surface area contributed by atoms with Crippen LogP contribution in [-0.4, -0.2) is 22.0 Å². The number of ketones is 1. The third kappa shape index (κ3) is 2.32. The normalized spacial score (nSPS) is 19.9. The van der Waals surface area contributed by atoms with Gasteiger partial charge in [0.1, 0.15) is 6.10 Å². The van der Waals surface area contributed by atoms with Gasteiger partial charge in [-0.2, -0.15) is 0 Å². The summed E-state index contributed by atoms with van der Waals surface area (Å²) in [6, 6.07) is 3.93. The van der Waals surface area contributed by atoms with Crippen molar-refractivity contribution >= 4 is 5.78 Å². The van der Waals surface area contributed by atoms with E-state index < -0.39 is 6.10 Å². The minimum atomic E-state index is -0.835. The van der Waals surface area contributed by atoms with E-state index in [4.69, 9.17) is 0 Å². The van der Waals surface area contributed by atoms with E-state index in [-0.39, 0.29) is 17.6 Å². The van der Waals surface area contributed by atoms with Gasteiger partial charge in [-0.25, -0.2) is 0 Å². The Kier molecular flexibility index (Phi) is 4.12. The molecule has 1 aliphatic rings. The summed E-state index contributed by atoms with van der Waals surface area (Å²) in [6.07, 6.45) is 4.26. The lowest BCUT2D eigenvalue weighted by Gasteiger charge is -2.21. The van der Waals surface area contributed by atoms with Crippen molar-refractivity contribution < 1.29 is 9.90 Å². The zero-order chi connectivity index (χ0) is 13.1. The highest BCUT2D eigenvalue weighted by molar-refractivity contribution is 5.90. The van der Waals surface area contributed by atoms with Crippen molar-refractivity contribution in [2.75, 3.05) is 0 Å². The van der Waals surface area contributed by atoms with Crippen molar-refractivity contribution in [3.63, 3.8) is 0 Å². The number of aromatic nitrogens is 1. The molecule has 2 rings (SSSR count). The van der Waals surface area contributed by atoms with E-state index in [1.165, 1.54) is 0 Å². The third-order valence-electron chi connectivity index (χ3n) is 4.09. The van der Waals surface area contributed by atoms with Crippen molar-refractivity contribution in [1.82, 2.24) is 4.98 Å².